The summed E-state index contributed by atoms with van der Waals surface area (Å²) in [5.74, 6) is -1.17. The first kappa shape index (κ1) is 28.8. The van der Waals surface area contributed by atoms with Gasteiger partial charge in [-0.2, -0.15) is 0 Å². The summed E-state index contributed by atoms with van der Waals surface area (Å²) in [4.78, 5) is 19.3. The number of ether oxygens (including phenoxy) is 1. The molecule has 4 rings (SSSR count). The van der Waals surface area contributed by atoms with E-state index in [1.165, 1.54) is 36.0 Å². The quantitative estimate of drug-likeness (QED) is 0.335. The third kappa shape index (κ3) is 9.56. The molecule has 1 saturated carbocycles. The third-order valence-corrected chi connectivity index (χ3v) is 7.20. The Morgan fingerprint density at radius 1 is 1.05 bits per heavy atom. The Kier molecular flexibility index (Phi) is 10.6. The maximum Gasteiger partial charge on any atom is 0.303 e. The Bertz CT molecular complexity index is 1040. The lowest BCUT2D eigenvalue weighted by molar-refractivity contribution is -0.143. The van der Waals surface area contributed by atoms with Crippen LogP contribution in [0.5, 0.6) is 5.75 Å². The van der Waals surface area contributed by atoms with Crippen molar-refractivity contribution in [3.63, 3.8) is 0 Å². The number of rotatable bonds is 8. The second-order valence-electron chi connectivity index (χ2n) is 10.6. The van der Waals surface area contributed by atoms with Gasteiger partial charge in [-0.3, -0.25) is 9.59 Å². The van der Waals surface area contributed by atoms with E-state index < -0.39 is 11.9 Å². The Morgan fingerprint density at radius 3 is 2.38 bits per heavy atom. The standard InChI is InChI=1S/C25H33ClN2O.C4H6O4/c1-25(2)13-3-4-21(16-25)29-20-8-5-18(6-9-20)17-28-24-22-12-15-27-14-11-19(22)7-10-23(24)26;5-3(6)1-2-4(7)8/h5-10,21,27-28H,3-4,11-17H2,1-2H3;1-2H2,(H,5,6)(H,7,8). The van der Waals surface area contributed by atoms with E-state index in [0.29, 0.717) is 11.5 Å². The molecule has 1 fully saturated rings. The molecule has 0 radical (unpaired) electrons. The zero-order valence-electron chi connectivity index (χ0n) is 21.8. The number of carboxylic acid groups (broad SMARTS) is 2. The average Bonchev–Trinajstić information content (AvgIpc) is 3.09. The number of hydrogen-bond donors (Lipinski definition) is 4. The first-order chi connectivity index (χ1) is 17.6. The Morgan fingerprint density at radius 2 is 1.73 bits per heavy atom. The molecule has 1 aliphatic carbocycles. The topological polar surface area (TPSA) is 108 Å². The van der Waals surface area contributed by atoms with Gasteiger partial charge in [0.15, 0.2) is 0 Å². The van der Waals surface area contributed by atoms with Gasteiger partial charge in [-0.05, 0) is 91.9 Å². The molecule has 7 nitrogen and oxygen atoms in total. The third-order valence-electron chi connectivity index (χ3n) is 6.89. The zero-order valence-corrected chi connectivity index (χ0v) is 22.6. The van der Waals surface area contributed by atoms with Crippen LogP contribution in [0.3, 0.4) is 0 Å². The molecule has 0 spiro atoms. The summed E-state index contributed by atoms with van der Waals surface area (Å²) < 4.78 is 6.27. The van der Waals surface area contributed by atoms with Crippen molar-refractivity contribution in [3.05, 3.63) is 58.1 Å². The molecule has 0 amide bonds. The van der Waals surface area contributed by atoms with E-state index >= 15 is 0 Å². The van der Waals surface area contributed by atoms with Crippen LogP contribution in [0.4, 0.5) is 5.69 Å². The second kappa shape index (κ2) is 13.7. The number of carboxylic acids is 2. The van der Waals surface area contributed by atoms with Crippen LogP contribution < -0.4 is 15.4 Å². The summed E-state index contributed by atoms with van der Waals surface area (Å²) in [5.41, 5.74) is 5.50. The van der Waals surface area contributed by atoms with E-state index in [1.807, 2.05) is 6.07 Å². The summed E-state index contributed by atoms with van der Waals surface area (Å²) in [6.07, 6.45) is 6.70. The average molecular weight is 531 g/mol. The molecule has 202 valence electrons. The molecule has 2 aromatic rings. The van der Waals surface area contributed by atoms with Crippen molar-refractivity contribution in [3.8, 4) is 5.75 Å². The van der Waals surface area contributed by atoms with Gasteiger partial charge in [-0.15, -0.1) is 0 Å². The zero-order chi connectivity index (χ0) is 26.8. The number of carbonyl (C=O) groups is 2. The molecule has 0 aromatic heterocycles. The van der Waals surface area contributed by atoms with Crippen molar-refractivity contribution in [1.29, 1.82) is 0 Å². The minimum atomic E-state index is -1.08. The lowest BCUT2D eigenvalue weighted by Crippen LogP contribution is -2.30. The van der Waals surface area contributed by atoms with Crippen LogP contribution in [-0.2, 0) is 29.0 Å². The monoisotopic (exact) mass is 530 g/mol. The van der Waals surface area contributed by atoms with Gasteiger partial charge < -0.3 is 25.6 Å². The molecule has 0 saturated heterocycles. The highest BCUT2D eigenvalue weighted by Crippen LogP contribution is 2.37. The smallest absolute Gasteiger partial charge is 0.303 e. The van der Waals surface area contributed by atoms with Gasteiger partial charge in [-0.1, -0.05) is 43.6 Å². The van der Waals surface area contributed by atoms with Gasteiger partial charge in [0.05, 0.1) is 29.7 Å². The highest BCUT2D eigenvalue weighted by atomic mass is 35.5. The maximum atomic E-state index is 9.64. The minimum Gasteiger partial charge on any atom is -0.490 e. The molecule has 37 heavy (non-hydrogen) atoms. The van der Waals surface area contributed by atoms with Crippen molar-refractivity contribution in [2.24, 2.45) is 5.41 Å². The van der Waals surface area contributed by atoms with Crippen molar-refractivity contribution < 1.29 is 24.5 Å². The van der Waals surface area contributed by atoms with E-state index in [-0.39, 0.29) is 12.8 Å². The predicted octanol–water partition coefficient (Wildman–Crippen LogP) is 5.92. The minimum absolute atomic E-state index is 0.296. The summed E-state index contributed by atoms with van der Waals surface area (Å²) in [6.45, 7) is 7.51. The molecule has 0 bridgehead atoms. The maximum absolute atomic E-state index is 9.64. The molecule has 1 unspecified atom stereocenters. The molecule has 1 atom stereocenters. The number of fused-ring (bicyclic) bond motifs is 1. The predicted molar refractivity (Wildman–Crippen MR) is 147 cm³/mol. The molecular formula is C29H39ClN2O5. The Labute approximate surface area is 224 Å². The Hall–Kier alpha value is -2.77. The highest BCUT2D eigenvalue weighted by molar-refractivity contribution is 6.33. The van der Waals surface area contributed by atoms with Crippen LogP contribution in [0.25, 0.3) is 0 Å². The van der Waals surface area contributed by atoms with Crippen LogP contribution in [0.1, 0.15) is 69.1 Å². The van der Waals surface area contributed by atoms with Crippen LogP contribution in [0, 0.1) is 5.41 Å². The van der Waals surface area contributed by atoms with E-state index in [1.54, 1.807) is 0 Å². The number of anilines is 1. The van der Waals surface area contributed by atoms with E-state index in [4.69, 9.17) is 26.6 Å². The number of aliphatic carboxylic acids is 2. The van der Waals surface area contributed by atoms with Gasteiger partial charge in [0, 0.05) is 6.54 Å². The fraction of sp³-hybridized carbons (Fsp3) is 0.517. The van der Waals surface area contributed by atoms with Gasteiger partial charge in [0.25, 0.3) is 0 Å². The second-order valence-corrected chi connectivity index (χ2v) is 11.0. The Balaban J connectivity index is 0.000000414. The number of halogens is 1. The molecule has 8 heteroatoms. The SMILES string of the molecule is CC1(C)CCCC(Oc2ccc(CNc3c(Cl)ccc4c3CCNCC4)cc2)C1.O=C(O)CCC(=O)O. The molecule has 2 aliphatic rings. The molecule has 1 aliphatic heterocycles. The van der Waals surface area contributed by atoms with E-state index in [0.717, 1.165) is 55.4 Å². The number of hydrogen-bond acceptors (Lipinski definition) is 5. The van der Waals surface area contributed by atoms with Gasteiger partial charge in [0.2, 0.25) is 0 Å². The van der Waals surface area contributed by atoms with Crippen molar-refractivity contribution in [2.45, 2.75) is 77.9 Å². The van der Waals surface area contributed by atoms with E-state index in [9.17, 15) is 9.59 Å². The van der Waals surface area contributed by atoms with Crippen LogP contribution >= 0.6 is 11.6 Å². The van der Waals surface area contributed by atoms with Gasteiger partial charge in [-0.25, -0.2) is 0 Å². The molecular weight excluding hydrogens is 492 g/mol. The van der Waals surface area contributed by atoms with Crippen LogP contribution in [0.15, 0.2) is 36.4 Å². The molecule has 2 aromatic carbocycles. The lowest BCUT2D eigenvalue weighted by Gasteiger charge is -2.35. The fourth-order valence-electron chi connectivity index (χ4n) is 4.95. The normalized spacial score (nSPS) is 18.4. The summed E-state index contributed by atoms with van der Waals surface area (Å²) in [6, 6.07) is 12.7. The van der Waals surface area contributed by atoms with Gasteiger partial charge in [0.1, 0.15) is 5.75 Å². The van der Waals surface area contributed by atoms with Crippen molar-refractivity contribution in [2.75, 3.05) is 18.4 Å². The number of nitrogens with one attached hydrogen (secondary N) is 2. The first-order valence-corrected chi connectivity index (χ1v) is 13.4. The van der Waals surface area contributed by atoms with Crippen LogP contribution in [0.2, 0.25) is 5.02 Å². The first-order valence-electron chi connectivity index (χ1n) is 13.1. The fourth-order valence-corrected chi connectivity index (χ4v) is 5.19. The molecule has 1 heterocycles. The summed E-state index contributed by atoms with van der Waals surface area (Å²) in [5, 5.41) is 23.7. The van der Waals surface area contributed by atoms with Crippen molar-refractivity contribution >= 4 is 29.2 Å². The lowest BCUT2D eigenvalue weighted by atomic mass is 9.76. The highest BCUT2D eigenvalue weighted by Gasteiger charge is 2.29. The summed E-state index contributed by atoms with van der Waals surface area (Å²) >= 11 is 6.53. The van der Waals surface area contributed by atoms with Crippen molar-refractivity contribution in [1.82, 2.24) is 5.32 Å². The van der Waals surface area contributed by atoms with Gasteiger partial charge >= 0.3 is 11.9 Å². The summed E-state index contributed by atoms with van der Waals surface area (Å²) in [7, 11) is 0. The van der Waals surface area contributed by atoms with Crippen LogP contribution in [-0.4, -0.2) is 41.3 Å². The van der Waals surface area contributed by atoms with E-state index in [2.05, 4.69) is 54.8 Å². The number of benzene rings is 2. The largest absolute Gasteiger partial charge is 0.490 e. The molecule has 4 N–H and O–H groups in total.